The molecule has 3 heterocycles. The highest BCUT2D eigenvalue weighted by Gasteiger charge is 2.27. The molecular weight excluding hydrogens is 403 g/mol. The number of rotatable bonds is 5. The molecule has 2 aromatic heterocycles. The number of hydrogen-bond donors (Lipinski definition) is 2. The van der Waals surface area contributed by atoms with Crippen LogP contribution in [-0.4, -0.2) is 27.8 Å². The third-order valence-electron chi connectivity index (χ3n) is 3.71. The number of fused-ring (bicyclic) bond motifs is 1. The van der Waals surface area contributed by atoms with Crippen LogP contribution in [0.5, 0.6) is 0 Å². The second-order valence-electron chi connectivity index (χ2n) is 5.18. The maximum atomic E-state index is 11.9. The number of allylic oxidation sites excluding steroid dienone is 1. The third-order valence-corrected chi connectivity index (χ3v) is 5.21. The monoisotopic (exact) mass is 420 g/mol. The van der Waals surface area contributed by atoms with Crippen LogP contribution < -0.4 is 11.5 Å². The van der Waals surface area contributed by atoms with Gasteiger partial charge in [0, 0.05) is 36.8 Å². The Hall–Kier alpha value is -1.18. The highest BCUT2D eigenvalue weighted by molar-refractivity contribution is 8.03. The van der Waals surface area contributed by atoms with Crippen LogP contribution in [0.25, 0.3) is 17.3 Å². The van der Waals surface area contributed by atoms with Crippen LogP contribution in [0.2, 0.25) is 5.02 Å². The van der Waals surface area contributed by atoms with Gasteiger partial charge in [0.15, 0.2) is 0 Å². The summed E-state index contributed by atoms with van der Waals surface area (Å²) in [6.45, 7) is 1.36. The first-order valence-corrected chi connectivity index (χ1v) is 8.65. The summed E-state index contributed by atoms with van der Waals surface area (Å²) in [7, 11) is 0. The van der Waals surface area contributed by atoms with Gasteiger partial charge in [-0.2, -0.15) is 0 Å². The fourth-order valence-electron chi connectivity index (χ4n) is 2.76. The van der Waals surface area contributed by atoms with E-state index in [2.05, 4.69) is 4.98 Å². The number of carbonyl (C=O) groups excluding carboxylic acids is 1. The molecule has 0 aliphatic carbocycles. The normalized spacial score (nSPS) is 12.5. The lowest BCUT2D eigenvalue weighted by Crippen LogP contribution is -2.15. The van der Waals surface area contributed by atoms with E-state index >= 15 is 0 Å². The highest BCUT2D eigenvalue weighted by Crippen LogP contribution is 2.40. The lowest BCUT2D eigenvalue weighted by Gasteiger charge is -2.19. The number of nitrogens with zero attached hydrogens (tertiary/aromatic N) is 2. The molecule has 0 spiro atoms. The van der Waals surface area contributed by atoms with E-state index in [0.717, 1.165) is 35.7 Å². The van der Waals surface area contributed by atoms with Crippen molar-refractivity contribution in [3.05, 3.63) is 45.7 Å². The molecule has 9 heteroatoms. The summed E-state index contributed by atoms with van der Waals surface area (Å²) in [4.78, 5) is 17.2. The maximum absolute atomic E-state index is 11.9. The van der Waals surface area contributed by atoms with E-state index < -0.39 is 5.91 Å². The number of hydrogen-bond acceptors (Lipinski definition) is 4. The Labute approximate surface area is 168 Å². The van der Waals surface area contributed by atoms with Gasteiger partial charge in [-0.25, -0.2) is 0 Å². The smallest absolute Gasteiger partial charge is 0.252 e. The predicted molar refractivity (Wildman–Crippen MR) is 110 cm³/mol. The molecule has 2 aromatic rings. The van der Waals surface area contributed by atoms with Gasteiger partial charge in [0.1, 0.15) is 0 Å². The molecule has 0 fully saturated rings. The zero-order valence-corrected chi connectivity index (χ0v) is 16.5. The Morgan fingerprint density at radius 3 is 2.76 bits per heavy atom. The first kappa shape index (κ1) is 21.9. The van der Waals surface area contributed by atoms with Crippen molar-refractivity contribution in [1.82, 2.24) is 9.55 Å². The van der Waals surface area contributed by atoms with Gasteiger partial charge in [-0.05, 0) is 29.5 Å². The summed E-state index contributed by atoms with van der Waals surface area (Å²) in [5, 5.41) is 0.391. The lowest BCUT2D eigenvalue weighted by atomic mass is 10.1. The van der Waals surface area contributed by atoms with Gasteiger partial charge in [0.25, 0.3) is 5.91 Å². The summed E-state index contributed by atoms with van der Waals surface area (Å²) in [5.41, 5.74) is 13.9. The van der Waals surface area contributed by atoms with Gasteiger partial charge in [-0.3, -0.25) is 9.78 Å². The van der Waals surface area contributed by atoms with Crippen LogP contribution in [0.15, 0.2) is 29.4 Å². The molecule has 1 aliphatic rings. The first-order valence-electron chi connectivity index (χ1n) is 7.29. The average Bonchev–Trinajstić information content (AvgIpc) is 2.85. The van der Waals surface area contributed by atoms with E-state index in [0.29, 0.717) is 17.1 Å². The summed E-state index contributed by atoms with van der Waals surface area (Å²) in [5.74, 6) is 0.331. The Balaban J connectivity index is 0.00000156. The molecule has 1 aliphatic heterocycles. The standard InChI is InChI=1S/C16H17ClN4OS.2ClH/c17-14-13(16(19)22)12-8-11(23-7-4-18)3-6-21(12)15(14)10-2-1-5-20-9-10;;/h1-2,5,8-9H,3-4,6-7,18H2,(H2,19,22);2*1H. The largest absolute Gasteiger partial charge is 0.365 e. The predicted octanol–water partition coefficient (Wildman–Crippen LogP) is 3.58. The molecule has 0 aromatic carbocycles. The number of amides is 1. The molecule has 0 unspecified atom stereocenters. The minimum Gasteiger partial charge on any atom is -0.365 e. The van der Waals surface area contributed by atoms with Gasteiger partial charge in [0.05, 0.1) is 22.0 Å². The van der Waals surface area contributed by atoms with Crippen LogP contribution in [0.4, 0.5) is 0 Å². The van der Waals surface area contributed by atoms with Crippen molar-refractivity contribution in [3.63, 3.8) is 0 Å². The maximum Gasteiger partial charge on any atom is 0.252 e. The molecule has 0 saturated carbocycles. The number of primary amides is 1. The van der Waals surface area contributed by atoms with Gasteiger partial charge >= 0.3 is 0 Å². The number of thioether (sulfide) groups is 1. The zero-order valence-electron chi connectivity index (χ0n) is 13.3. The van der Waals surface area contributed by atoms with Crippen LogP contribution in [0, 0.1) is 0 Å². The van der Waals surface area contributed by atoms with Gasteiger partial charge in [-0.1, -0.05) is 11.6 Å². The minimum atomic E-state index is -0.518. The second-order valence-corrected chi connectivity index (χ2v) is 6.78. The topological polar surface area (TPSA) is 86.9 Å². The molecule has 0 radical (unpaired) electrons. The van der Waals surface area contributed by atoms with E-state index in [9.17, 15) is 4.79 Å². The molecule has 5 nitrogen and oxygen atoms in total. The summed E-state index contributed by atoms with van der Waals surface area (Å²) in [6, 6.07) is 3.77. The average molecular weight is 422 g/mol. The Morgan fingerprint density at radius 1 is 1.40 bits per heavy atom. The van der Waals surface area contributed by atoms with Crippen molar-refractivity contribution in [2.45, 2.75) is 13.0 Å². The van der Waals surface area contributed by atoms with Crippen molar-refractivity contribution < 1.29 is 4.79 Å². The van der Waals surface area contributed by atoms with Crippen LogP contribution >= 0.6 is 48.2 Å². The van der Waals surface area contributed by atoms with Crippen molar-refractivity contribution in [1.29, 1.82) is 0 Å². The van der Waals surface area contributed by atoms with Gasteiger partial charge < -0.3 is 16.0 Å². The molecule has 1 amide bonds. The van der Waals surface area contributed by atoms with Crippen molar-refractivity contribution in [2.75, 3.05) is 12.3 Å². The third kappa shape index (κ3) is 4.33. The molecular formula is C16H19Cl3N4OS. The van der Waals surface area contributed by atoms with E-state index in [4.69, 9.17) is 23.1 Å². The fourth-order valence-corrected chi connectivity index (χ4v) is 3.97. The van der Waals surface area contributed by atoms with Crippen molar-refractivity contribution in [2.24, 2.45) is 11.5 Å². The number of pyridine rings is 1. The summed E-state index contributed by atoms with van der Waals surface area (Å²) >= 11 is 8.20. The van der Waals surface area contributed by atoms with E-state index in [1.54, 1.807) is 24.2 Å². The van der Waals surface area contributed by atoms with E-state index in [1.165, 1.54) is 4.91 Å². The highest BCUT2D eigenvalue weighted by atomic mass is 35.5. The van der Waals surface area contributed by atoms with Crippen LogP contribution in [-0.2, 0) is 6.54 Å². The molecule has 0 bridgehead atoms. The Kier molecular flexibility index (Phi) is 8.31. The van der Waals surface area contributed by atoms with Gasteiger partial charge in [0.2, 0.25) is 0 Å². The van der Waals surface area contributed by atoms with Crippen LogP contribution in [0.3, 0.4) is 0 Å². The Morgan fingerprint density at radius 2 is 2.16 bits per heavy atom. The van der Waals surface area contributed by atoms with E-state index in [-0.39, 0.29) is 24.8 Å². The van der Waals surface area contributed by atoms with Crippen LogP contribution in [0.1, 0.15) is 22.5 Å². The molecule has 136 valence electrons. The quantitative estimate of drug-likeness (QED) is 0.772. The second kappa shape index (κ2) is 9.50. The molecule has 0 atom stereocenters. The molecule has 3 rings (SSSR count). The molecule has 0 saturated heterocycles. The fraction of sp³-hybridized carbons (Fsp3) is 0.250. The number of nitrogens with two attached hydrogens (primary N) is 2. The summed E-state index contributed by atoms with van der Waals surface area (Å²) < 4.78 is 2.05. The summed E-state index contributed by atoms with van der Waals surface area (Å²) in [6.07, 6.45) is 6.32. The van der Waals surface area contributed by atoms with E-state index in [1.807, 2.05) is 22.8 Å². The zero-order chi connectivity index (χ0) is 16.4. The number of aromatic nitrogens is 2. The minimum absolute atomic E-state index is 0. The number of halogens is 3. The number of carbonyl (C=O) groups is 1. The lowest BCUT2D eigenvalue weighted by molar-refractivity contribution is 0.1000. The van der Waals surface area contributed by atoms with Crippen molar-refractivity contribution >= 4 is 60.2 Å². The molecule has 4 N–H and O–H groups in total. The molecule has 25 heavy (non-hydrogen) atoms. The van der Waals surface area contributed by atoms with Gasteiger partial charge in [-0.15, -0.1) is 36.6 Å². The SMILES string of the molecule is Cl.Cl.NCCSC1=Cc2c(C(N)=O)c(Cl)c(-c3cccnc3)n2CC1. The first-order chi connectivity index (χ1) is 11.1. The van der Waals surface area contributed by atoms with Crippen molar-refractivity contribution in [3.8, 4) is 11.3 Å². The Bertz CT molecular complexity index is 777.